The number of pyridine rings is 1. The summed E-state index contributed by atoms with van der Waals surface area (Å²) >= 11 is 1.51. The molecule has 2 aromatic rings. The summed E-state index contributed by atoms with van der Waals surface area (Å²) in [7, 11) is 0. The van der Waals surface area contributed by atoms with Gasteiger partial charge in [-0.05, 0) is 31.7 Å². The quantitative estimate of drug-likeness (QED) is 0.879. The Labute approximate surface area is 149 Å². The average molecular weight is 356 g/mol. The molecule has 3 fully saturated rings. The zero-order valence-electron chi connectivity index (χ0n) is 13.8. The number of hydrogen-bond donors (Lipinski definition) is 2. The van der Waals surface area contributed by atoms with Crippen molar-refractivity contribution in [2.24, 2.45) is 0 Å². The van der Waals surface area contributed by atoms with E-state index in [1.807, 2.05) is 10.3 Å². The van der Waals surface area contributed by atoms with Crippen molar-refractivity contribution < 1.29 is 9.59 Å². The van der Waals surface area contributed by atoms with Crippen LogP contribution in [0.5, 0.6) is 0 Å². The van der Waals surface area contributed by atoms with Crippen LogP contribution in [0.2, 0.25) is 0 Å². The van der Waals surface area contributed by atoms with Crippen LogP contribution < -0.4 is 10.6 Å². The van der Waals surface area contributed by atoms with Gasteiger partial charge in [0.25, 0.3) is 11.8 Å². The standard InChI is InChI=1S/C18H20N4O2S/c23-17(21-14-6-10-2-3-13(14)20-10)15-7-11-12(9-25-16(11)8-19-15)18(24)22-4-1-5-22/h7-10,13-14,20H,1-6H2,(H,21,23)/t10-,13+,14-/m1/s1. The Morgan fingerprint density at radius 2 is 2.20 bits per heavy atom. The first-order valence-corrected chi connectivity index (χ1v) is 9.80. The smallest absolute Gasteiger partial charge is 0.270 e. The van der Waals surface area contributed by atoms with Crippen molar-refractivity contribution in [2.75, 3.05) is 13.1 Å². The molecular weight excluding hydrogens is 336 g/mol. The minimum Gasteiger partial charge on any atom is -0.346 e. The van der Waals surface area contributed by atoms with E-state index in [2.05, 4.69) is 15.6 Å². The number of rotatable bonds is 3. The van der Waals surface area contributed by atoms with Gasteiger partial charge in [-0.25, -0.2) is 4.98 Å². The lowest BCUT2D eigenvalue weighted by molar-refractivity contribution is 0.0654. The first-order chi connectivity index (χ1) is 12.2. The molecule has 25 heavy (non-hydrogen) atoms. The van der Waals surface area contributed by atoms with E-state index in [1.165, 1.54) is 17.8 Å². The Hall–Kier alpha value is -1.99. The predicted octanol–water partition coefficient (Wildman–Crippen LogP) is 1.76. The second kappa shape index (κ2) is 5.78. The van der Waals surface area contributed by atoms with Gasteiger partial charge >= 0.3 is 0 Å². The molecule has 5 rings (SSSR count). The monoisotopic (exact) mass is 356 g/mol. The third-order valence-electron chi connectivity index (χ3n) is 5.68. The van der Waals surface area contributed by atoms with Crippen LogP contribution >= 0.6 is 11.3 Å². The van der Waals surface area contributed by atoms with Gasteiger partial charge in [0.05, 0.1) is 10.3 Å². The molecule has 0 radical (unpaired) electrons. The summed E-state index contributed by atoms with van der Waals surface area (Å²) in [5.41, 5.74) is 1.09. The van der Waals surface area contributed by atoms with Crippen molar-refractivity contribution in [1.82, 2.24) is 20.5 Å². The van der Waals surface area contributed by atoms with Gasteiger partial charge in [0.15, 0.2) is 0 Å². The van der Waals surface area contributed by atoms with E-state index < -0.39 is 0 Å². The summed E-state index contributed by atoms with van der Waals surface area (Å²) in [6.45, 7) is 1.65. The summed E-state index contributed by atoms with van der Waals surface area (Å²) < 4.78 is 0.946. The Bertz CT molecular complexity index is 860. The summed E-state index contributed by atoms with van der Waals surface area (Å²) in [5.74, 6) is -0.0813. The highest BCUT2D eigenvalue weighted by Crippen LogP contribution is 2.30. The fourth-order valence-corrected chi connectivity index (χ4v) is 5.02. The maximum atomic E-state index is 12.6. The molecule has 7 heteroatoms. The van der Waals surface area contributed by atoms with Crippen molar-refractivity contribution in [3.63, 3.8) is 0 Å². The number of aromatic nitrogens is 1. The number of carbonyl (C=O) groups is 2. The fraction of sp³-hybridized carbons (Fsp3) is 0.500. The van der Waals surface area contributed by atoms with Crippen LogP contribution in [0.25, 0.3) is 10.1 Å². The van der Waals surface area contributed by atoms with Gasteiger partial charge in [0.1, 0.15) is 5.69 Å². The predicted molar refractivity (Wildman–Crippen MR) is 96.0 cm³/mol. The molecule has 5 heterocycles. The number of nitrogens with zero attached hydrogens (tertiary/aromatic N) is 2. The van der Waals surface area contributed by atoms with Crippen LogP contribution in [0.4, 0.5) is 0 Å². The second-order valence-electron chi connectivity index (χ2n) is 7.22. The zero-order chi connectivity index (χ0) is 17.0. The molecule has 3 saturated heterocycles. The molecule has 2 aromatic heterocycles. The van der Waals surface area contributed by atoms with Crippen LogP contribution in [0.3, 0.4) is 0 Å². The van der Waals surface area contributed by atoms with Crippen molar-refractivity contribution in [3.8, 4) is 0 Å². The molecule has 3 aliphatic heterocycles. The van der Waals surface area contributed by atoms with Crippen LogP contribution in [0.15, 0.2) is 17.6 Å². The van der Waals surface area contributed by atoms with Crippen molar-refractivity contribution in [3.05, 3.63) is 28.9 Å². The lowest BCUT2D eigenvalue weighted by Crippen LogP contribution is -2.43. The van der Waals surface area contributed by atoms with Crippen LogP contribution in [-0.2, 0) is 0 Å². The molecule has 3 atom stereocenters. The van der Waals surface area contributed by atoms with E-state index in [1.54, 1.807) is 12.3 Å². The molecule has 0 spiro atoms. The normalized spacial score (nSPS) is 27.5. The number of amides is 2. The molecule has 0 unspecified atom stereocenters. The zero-order valence-corrected chi connectivity index (χ0v) is 14.6. The van der Waals surface area contributed by atoms with E-state index in [0.29, 0.717) is 23.3 Å². The Morgan fingerprint density at radius 3 is 2.88 bits per heavy atom. The van der Waals surface area contributed by atoms with Gasteiger partial charge in [0.2, 0.25) is 0 Å². The third-order valence-corrected chi connectivity index (χ3v) is 6.62. The summed E-state index contributed by atoms with van der Waals surface area (Å²) in [5, 5.41) is 9.37. The Kier molecular flexibility index (Phi) is 3.53. The SMILES string of the molecule is O=C(N[C@@H]1C[C@H]2CC[C@@H]1N2)c1cc2c(C(=O)N3CCC3)csc2cn1. The van der Waals surface area contributed by atoms with Crippen LogP contribution in [0, 0.1) is 0 Å². The van der Waals surface area contributed by atoms with Gasteiger partial charge < -0.3 is 15.5 Å². The van der Waals surface area contributed by atoms with Crippen LogP contribution in [0.1, 0.15) is 46.5 Å². The van der Waals surface area contributed by atoms with Crippen LogP contribution in [-0.4, -0.2) is 52.9 Å². The molecule has 0 aromatic carbocycles. The lowest BCUT2D eigenvalue weighted by Gasteiger charge is -2.30. The molecule has 2 N–H and O–H groups in total. The number of nitrogens with one attached hydrogen (secondary N) is 2. The highest BCUT2D eigenvalue weighted by Gasteiger charge is 2.39. The Morgan fingerprint density at radius 1 is 1.32 bits per heavy atom. The average Bonchev–Trinajstić information content (AvgIpc) is 3.27. The van der Waals surface area contributed by atoms with E-state index in [4.69, 9.17) is 0 Å². The Balaban J connectivity index is 1.39. The minimum atomic E-state index is -0.144. The number of hydrogen-bond acceptors (Lipinski definition) is 5. The van der Waals surface area contributed by atoms with Crippen molar-refractivity contribution in [1.29, 1.82) is 0 Å². The van der Waals surface area contributed by atoms with E-state index in [9.17, 15) is 9.59 Å². The molecular formula is C18H20N4O2S. The fourth-order valence-electron chi connectivity index (χ4n) is 4.14. The van der Waals surface area contributed by atoms with E-state index in [-0.39, 0.29) is 17.9 Å². The number of carbonyl (C=O) groups excluding carboxylic acids is 2. The lowest BCUT2D eigenvalue weighted by atomic mass is 9.95. The molecule has 0 aliphatic carbocycles. The number of likely N-dealkylation sites (tertiary alicyclic amines) is 1. The third kappa shape index (κ3) is 2.53. The summed E-state index contributed by atoms with van der Waals surface area (Å²) in [6.07, 6.45) is 6.11. The maximum Gasteiger partial charge on any atom is 0.270 e. The molecule has 2 bridgehead atoms. The van der Waals surface area contributed by atoms with Gasteiger partial charge in [-0.2, -0.15) is 0 Å². The van der Waals surface area contributed by atoms with Gasteiger partial charge in [0, 0.05) is 48.2 Å². The molecule has 0 saturated carbocycles. The first-order valence-electron chi connectivity index (χ1n) is 8.92. The second-order valence-corrected chi connectivity index (χ2v) is 8.14. The van der Waals surface area contributed by atoms with Crippen molar-refractivity contribution in [2.45, 2.75) is 43.8 Å². The van der Waals surface area contributed by atoms with Gasteiger partial charge in [-0.1, -0.05) is 0 Å². The number of thiophene rings is 1. The molecule has 6 nitrogen and oxygen atoms in total. The molecule has 2 amide bonds. The topological polar surface area (TPSA) is 74.3 Å². The number of fused-ring (bicyclic) bond motifs is 3. The highest BCUT2D eigenvalue weighted by molar-refractivity contribution is 7.17. The van der Waals surface area contributed by atoms with Crippen molar-refractivity contribution >= 4 is 33.2 Å². The van der Waals surface area contributed by atoms with E-state index >= 15 is 0 Å². The minimum absolute atomic E-state index is 0.0624. The first kappa shape index (κ1) is 15.3. The highest BCUT2D eigenvalue weighted by atomic mass is 32.1. The molecule has 3 aliphatic rings. The maximum absolute atomic E-state index is 12.6. The van der Waals surface area contributed by atoms with E-state index in [0.717, 1.165) is 42.4 Å². The van der Waals surface area contributed by atoms with Gasteiger partial charge in [-0.15, -0.1) is 11.3 Å². The van der Waals surface area contributed by atoms with Gasteiger partial charge in [-0.3, -0.25) is 9.59 Å². The largest absolute Gasteiger partial charge is 0.346 e. The summed E-state index contributed by atoms with van der Waals surface area (Å²) in [4.78, 5) is 31.3. The molecule has 130 valence electrons. The summed E-state index contributed by atoms with van der Waals surface area (Å²) in [6, 6.07) is 2.90.